The number of hydrogen-bond donors (Lipinski definition) is 0. The van der Waals surface area contributed by atoms with Crippen LogP contribution in [0.15, 0.2) is 24.3 Å². The predicted molar refractivity (Wildman–Crippen MR) is 102 cm³/mol. The van der Waals surface area contributed by atoms with Gasteiger partial charge in [-0.15, -0.1) is 23.2 Å². The summed E-state index contributed by atoms with van der Waals surface area (Å²) >= 11 is 36.6. The Morgan fingerprint density at radius 3 is 1.39 bits per heavy atom. The molecule has 0 spiro atoms. The first-order valence-corrected chi connectivity index (χ1v) is 9.31. The minimum absolute atomic E-state index is 0.407. The molecule has 0 aromatic heterocycles. The zero-order valence-electron chi connectivity index (χ0n) is 11.8. The fourth-order valence-electron chi connectivity index (χ4n) is 2.08. The van der Waals surface area contributed by atoms with Crippen molar-refractivity contribution in [3.8, 4) is 11.5 Å². The van der Waals surface area contributed by atoms with E-state index in [1.807, 2.05) is 0 Å². The number of hydrogen-bond acceptors (Lipinski definition) is 1. The van der Waals surface area contributed by atoms with Crippen molar-refractivity contribution in [2.24, 2.45) is 0 Å². The second-order valence-electron chi connectivity index (χ2n) is 4.66. The third-order valence-electron chi connectivity index (χ3n) is 3.21. The molecule has 0 unspecified atom stereocenters. The van der Waals surface area contributed by atoms with Gasteiger partial charge in [0.2, 0.25) is 0 Å². The van der Waals surface area contributed by atoms with E-state index in [1.54, 1.807) is 24.3 Å². The fourth-order valence-corrected chi connectivity index (χ4v) is 3.65. The Morgan fingerprint density at radius 2 is 1.04 bits per heavy atom. The van der Waals surface area contributed by atoms with Gasteiger partial charge >= 0.3 is 0 Å². The average molecular weight is 433 g/mol. The Morgan fingerprint density at radius 1 is 0.652 bits per heavy atom. The molecular weight excluding hydrogens is 421 g/mol. The van der Waals surface area contributed by atoms with Gasteiger partial charge in [0.15, 0.2) is 0 Å². The Hall–Kier alpha value is -0.0200. The predicted octanol–water partition coefficient (Wildman–Crippen LogP) is 7.66. The fraction of sp³-hybridized carbons (Fsp3) is 0.250. The van der Waals surface area contributed by atoms with Gasteiger partial charge in [-0.1, -0.05) is 46.4 Å². The summed E-state index contributed by atoms with van der Waals surface area (Å²) in [6, 6.07) is 6.81. The third-order valence-corrected chi connectivity index (χ3v) is 5.13. The molecule has 1 nitrogen and oxygen atoms in total. The molecule has 124 valence electrons. The zero-order valence-corrected chi connectivity index (χ0v) is 16.3. The van der Waals surface area contributed by atoms with Crippen molar-refractivity contribution in [1.29, 1.82) is 0 Å². The van der Waals surface area contributed by atoms with Crippen LogP contribution in [0.2, 0.25) is 20.1 Å². The topological polar surface area (TPSA) is 9.23 Å². The second kappa shape index (κ2) is 8.89. The van der Waals surface area contributed by atoms with E-state index in [4.69, 9.17) is 74.3 Å². The summed E-state index contributed by atoms with van der Waals surface area (Å²) in [6.07, 6.45) is 1.09. The Labute approximate surface area is 165 Å². The van der Waals surface area contributed by atoms with Crippen molar-refractivity contribution >= 4 is 69.6 Å². The lowest BCUT2D eigenvalue weighted by Crippen LogP contribution is -1.96. The molecule has 7 heteroatoms. The highest BCUT2D eigenvalue weighted by atomic mass is 35.5. The lowest BCUT2D eigenvalue weighted by Gasteiger charge is -2.15. The summed E-state index contributed by atoms with van der Waals surface area (Å²) in [5.41, 5.74) is 1.49. The minimum atomic E-state index is 0.407. The summed E-state index contributed by atoms with van der Waals surface area (Å²) in [4.78, 5) is 0. The molecule has 0 N–H and O–H groups in total. The van der Waals surface area contributed by atoms with Gasteiger partial charge in [0.25, 0.3) is 0 Å². The van der Waals surface area contributed by atoms with Crippen LogP contribution in [-0.2, 0) is 12.8 Å². The molecule has 0 atom stereocenters. The van der Waals surface area contributed by atoms with E-state index in [0.29, 0.717) is 56.2 Å². The molecule has 0 radical (unpaired) electrons. The second-order valence-corrected chi connectivity index (χ2v) is 6.98. The number of alkyl halides is 2. The maximum atomic E-state index is 6.37. The molecule has 0 saturated heterocycles. The SMILES string of the molecule is ClCCc1c(Cl)ccc(Oc2ccc(Cl)c(CCCl)c2Cl)c1Cl. The third kappa shape index (κ3) is 4.54. The van der Waals surface area contributed by atoms with Crippen LogP contribution in [0.25, 0.3) is 0 Å². The van der Waals surface area contributed by atoms with Crippen LogP contribution in [0.1, 0.15) is 11.1 Å². The van der Waals surface area contributed by atoms with Crippen LogP contribution < -0.4 is 4.74 Å². The maximum absolute atomic E-state index is 6.37. The number of benzene rings is 2. The normalized spacial score (nSPS) is 10.9. The number of rotatable bonds is 6. The lowest BCUT2D eigenvalue weighted by molar-refractivity contribution is 0.482. The molecule has 0 aliphatic carbocycles. The van der Waals surface area contributed by atoms with Crippen LogP contribution in [-0.4, -0.2) is 11.8 Å². The zero-order chi connectivity index (χ0) is 17.0. The molecule has 23 heavy (non-hydrogen) atoms. The Bertz CT molecular complexity index is 642. The average Bonchev–Trinajstić information content (AvgIpc) is 2.53. The van der Waals surface area contributed by atoms with Crippen molar-refractivity contribution in [3.05, 3.63) is 55.5 Å². The summed E-state index contributed by atoms with van der Waals surface area (Å²) in [5.74, 6) is 1.73. The highest BCUT2D eigenvalue weighted by Gasteiger charge is 2.16. The Balaban J connectivity index is 2.40. The molecule has 0 aliphatic heterocycles. The van der Waals surface area contributed by atoms with Gasteiger partial charge in [-0.05, 0) is 48.2 Å². The molecule has 2 rings (SSSR count). The van der Waals surface area contributed by atoms with Gasteiger partial charge in [-0.25, -0.2) is 0 Å². The van der Waals surface area contributed by atoms with Crippen LogP contribution in [0.5, 0.6) is 11.5 Å². The standard InChI is InChI=1S/C16H12Cl6O/c17-7-5-9-11(19)1-3-13(15(9)21)23-14-4-2-12(20)10(6-8-18)16(14)22/h1-4H,5-8H2. The van der Waals surface area contributed by atoms with Gasteiger partial charge in [0.05, 0.1) is 10.0 Å². The van der Waals surface area contributed by atoms with Crippen LogP contribution in [0, 0.1) is 0 Å². The molecule has 0 saturated carbocycles. The molecular formula is C16H12Cl6O. The molecule has 0 bridgehead atoms. The molecule has 2 aromatic rings. The van der Waals surface area contributed by atoms with E-state index in [0.717, 1.165) is 11.1 Å². The first-order valence-electron chi connectivity index (χ1n) is 6.73. The first-order chi connectivity index (χ1) is 11.0. The summed E-state index contributed by atoms with van der Waals surface area (Å²) in [6.45, 7) is 0. The lowest BCUT2D eigenvalue weighted by atomic mass is 10.1. The van der Waals surface area contributed by atoms with E-state index in [-0.39, 0.29) is 0 Å². The molecule has 0 fully saturated rings. The smallest absolute Gasteiger partial charge is 0.146 e. The Kier molecular flexibility index (Phi) is 7.47. The maximum Gasteiger partial charge on any atom is 0.146 e. The molecule has 2 aromatic carbocycles. The van der Waals surface area contributed by atoms with Crippen molar-refractivity contribution < 1.29 is 4.74 Å². The first kappa shape index (κ1) is 19.3. The van der Waals surface area contributed by atoms with E-state index < -0.39 is 0 Å². The summed E-state index contributed by atoms with van der Waals surface area (Å²) in [5, 5.41) is 1.94. The van der Waals surface area contributed by atoms with Crippen LogP contribution in [0.4, 0.5) is 0 Å². The van der Waals surface area contributed by atoms with Crippen molar-refractivity contribution in [3.63, 3.8) is 0 Å². The van der Waals surface area contributed by atoms with Crippen molar-refractivity contribution in [2.45, 2.75) is 12.8 Å². The summed E-state index contributed by atoms with van der Waals surface area (Å²) in [7, 11) is 0. The molecule has 0 aliphatic rings. The van der Waals surface area contributed by atoms with Crippen LogP contribution >= 0.6 is 69.6 Å². The van der Waals surface area contributed by atoms with Gasteiger partial charge in [0, 0.05) is 21.8 Å². The molecule has 0 amide bonds. The number of ether oxygens (including phenoxy) is 1. The monoisotopic (exact) mass is 430 g/mol. The minimum Gasteiger partial charge on any atom is -0.454 e. The van der Waals surface area contributed by atoms with E-state index in [9.17, 15) is 0 Å². The van der Waals surface area contributed by atoms with Crippen LogP contribution in [0.3, 0.4) is 0 Å². The number of halogens is 6. The van der Waals surface area contributed by atoms with Gasteiger partial charge in [-0.2, -0.15) is 0 Å². The highest BCUT2D eigenvalue weighted by molar-refractivity contribution is 6.38. The van der Waals surface area contributed by atoms with Crippen molar-refractivity contribution in [1.82, 2.24) is 0 Å². The largest absolute Gasteiger partial charge is 0.454 e. The van der Waals surface area contributed by atoms with Crippen molar-refractivity contribution in [2.75, 3.05) is 11.8 Å². The highest BCUT2D eigenvalue weighted by Crippen LogP contribution is 2.40. The van der Waals surface area contributed by atoms with Gasteiger partial charge in [0.1, 0.15) is 11.5 Å². The van der Waals surface area contributed by atoms with E-state index >= 15 is 0 Å². The van der Waals surface area contributed by atoms with E-state index in [1.165, 1.54) is 0 Å². The van der Waals surface area contributed by atoms with Gasteiger partial charge in [-0.3, -0.25) is 0 Å². The quantitative estimate of drug-likeness (QED) is 0.426. The molecule has 0 heterocycles. The van der Waals surface area contributed by atoms with E-state index in [2.05, 4.69) is 0 Å². The summed E-state index contributed by atoms with van der Waals surface area (Å²) < 4.78 is 5.86. The van der Waals surface area contributed by atoms with Gasteiger partial charge < -0.3 is 4.74 Å².